The maximum Gasteiger partial charge on any atom is 0.336 e. The van der Waals surface area contributed by atoms with E-state index in [9.17, 15) is 49.5 Å². The number of nitrogens with zero attached hydrogens (tertiary/aromatic N) is 4. The minimum absolute atomic E-state index is 0.0406. The summed E-state index contributed by atoms with van der Waals surface area (Å²) in [5.74, 6) is -2.05. The summed E-state index contributed by atoms with van der Waals surface area (Å²) in [5.41, 5.74) is 1.26. The zero-order valence-electron chi connectivity index (χ0n) is 33.3. The zero-order chi connectivity index (χ0) is 44.8. The quantitative estimate of drug-likeness (QED) is 0.0543. The number of hydrogen-bond acceptors (Lipinski definition) is 17. The lowest BCUT2D eigenvalue weighted by molar-refractivity contribution is -0.385. The Kier molecular flexibility index (Phi) is 15.3. The summed E-state index contributed by atoms with van der Waals surface area (Å²) in [4.78, 5) is 39.4. The summed E-state index contributed by atoms with van der Waals surface area (Å²) in [6.07, 6.45) is 3.10. The summed E-state index contributed by atoms with van der Waals surface area (Å²) in [7, 11) is -12.7. The molecule has 0 saturated heterocycles. The zero-order valence-corrected chi connectivity index (χ0v) is 37.5. The Morgan fingerprint density at radius 2 is 1.43 bits per heavy atom. The number of sulfone groups is 3. The number of nitro benzene ring substituents is 1. The van der Waals surface area contributed by atoms with Gasteiger partial charge in [0.1, 0.15) is 0 Å². The van der Waals surface area contributed by atoms with E-state index in [0.717, 1.165) is 36.2 Å². The van der Waals surface area contributed by atoms with Crippen LogP contribution in [0.3, 0.4) is 0 Å². The fourth-order valence-electron chi connectivity index (χ4n) is 5.58. The van der Waals surface area contributed by atoms with Gasteiger partial charge in [0.15, 0.2) is 40.3 Å². The Hall–Kier alpha value is -4.90. The number of nitrogens with one attached hydrogen (secondary N) is 1. The van der Waals surface area contributed by atoms with Crippen LogP contribution in [-0.4, -0.2) is 95.9 Å². The number of anilines is 1. The Labute approximate surface area is 350 Å². The molecule has 0 spiro atoms. The van der Waals surface area contributed by atoms with Crippen LogP contribution in [0.25, 0.3) is 10.9 Å². The van der Waals surface area contributed by atoms with E-state index in [4.69, 9.17) is 9.05 Å². The average Bonchev–Trinajstić information content (AvgIpc) is 3.76. The van der Waals surface area contributed by atoms with Crippen LogP contribution < -0.4 is 5.32 Å². The van der Waals surface area contributed by atoms with Gasteiger partial charge in [-0.3, -0.25) is 34.3 Å². The third-order valence-electron chi connectivity index (χ3n) is 8.48. The summed E-state index contributed by atoms with van der Waals surface area (Å²) in [6.45, 7) is 5.45. The van der Waals surface area contributed by atoms with E-state index in [1.807, 2.05) is 0 Å². The van der Waals surface area contributed by atoms with Crippen molar-refractivity contribution in [3.05, 3.63) is 98.7 Å². The number of hydrogen-bond donors (Lipinski definition) is 1. The minimum Gasteiger partial charge on any atom is -0.469 e. The SMILES string of the molecule is CCOP(=O)(Cc1csc(NC(=O)c2nn(Cc3ccc(S(C)(=O)=O)cc3)c3cc(S(C)(=O)=O)ccc23)n1)OCC.COC(=O)C(C)c1ccc(S(C)(=O)=O)cc1[N+](=O)[O-]. The third-order valence-corrected chi connectivity index (χ3v) is 14.6. The van der Waals surface area contributed by atoms with Gasteiger partial charge in [-0.25, -0.2) is 30.2 Å². The van der Waals surface area contributed by atoms with Crippen LogP contribution >= 0.6 is 18.9 Å². The van der Waals surface area contributed by atoms with Gasteiger partial charge in [-0.05, 0) is 62.7 Å². The Morgan fingerprint density at radius 3 is 1.97 bits per heavy atom. The minimum atomic E-state index is -3.55. The van der Waals surface area contributed by atoms with Crippen LogP contribution in [0.15, 0.2) is 80.7 Å². The van der Waals surface area contributed by atoms with Crippen molar-refractivity contribution in [1.82, 2.24) is 14.8 Å². The number of benzene rings is 3. The molecule has 24 heteroatoms. The van der Waals surface area contributed by atoms with Crippen molar-refractivity contribution in [3.8, 4) is 0 Å². The van der Waals surface area contributed by atoms with Crippen LogP contribution in [0.5, 0.6) is 0 Å². The normalized spacial score (nSPS) is 12.7. The number of amides is 1. The lowest BCUT2D eigenvalue weighted by atomic mass is 9.99. The molecule has 19 nitrogen and oxygen atoms in total. The first kappa shape index (κ1) is 47.8. The first-order valence-corrected chi connectivity index (χ1v) is 25.9. The van der Waals surface area contributed by atoms with Gasteiger partial charge in [0.2, 0.25) is 0 Å². The van der Waals surface area contributed by atoms with E-state index in [0.29, 0.717) is 22.2 Å². The lowest BCUT2D eigenvalue weighted by Gasteiger charge is -2.15. The number of fused-ring (bicyclic) bond motifs is 1. The van der Waals surface area contributed by atoms with Crippen LogP contribution in [0.4, 0.5) is 10.8 Å². The van der Waals surface area contributed by atoms with E-state index in [1.54, 1.807) is 31.4 Å². The smallest absolute Gasteiger partial charge is 0.336 e. The van der Waals surface area contributed by atoms with Gasteiger partial charge in [-0.15, -0.1) is 11.3 Å². The maximum absolute atomic E-state index is 13.3. The molecule has 0 aliphatic rings. The molecule has 0 aliphatic heterocycles. The number of aromatic nitrogens is 3. The number of carbonyl (C=O) groups is 2. The van der Waals surface area contributed by atoms with Crippen LogP contribution in [0.2, 0.25) is 0 Å². The molecule has 5 rings (SSSR count). The Morgan fingerprint density at radius 1 is 0.883 bits per heavy atom. The molecule has 1 amide bonds. The van der Waals surface area contributed by atoms with Crippen molar-refractivity contribution in [2.24, 2.45) is 0 Å². The second-order valence-electron chi connectivity index (χ2n) is 13.1. The second kappa shape index (κ2) is 19.2. The standard InChI is InChI=1S/C25H29N4O8PS3.C11H13NO6S/c1-5-36-38(31,37-6-2)15-18-16-39-25(26-18)27-24(30)23-21-12-11-20(41(4,34)35)13-22(21)29(28-23)14-17-7-9-19(10-8-17)40(3,32)33;1-7(11(13)18-2)9-5-4-8(19(3,16)17)6-10(9)12(14)15/h7-13,16H,5-6,14-15H2,1-4H3,(H,26,27,30);4-7H,1-3H3. The number of methoxy groups -OCH3 is 1. The number of nitro groups is 1. The lowest BCUT2D eigenvalue weighted by Crippen LogP contribution is -2.14. The van der Waals surface area contributed by atoms with Crippen molar-refractivity contribution in [1.29, 1.82) is 0 Å². The van der Waals surface area contributed by atoms with Crippen molar-refractivity contribution in [3.63, 3.8) is 0 Å². The first-order chi connectivity index (χ1) is 27.9. The molecule has 0 fully saturated rings. The molecule has 0 saturated carbocycles. The molecule has 0 bridgehead atoms. The predicted octanol–water partition coefficient (Wildman–Crippen LogP) is 5.64. The summed E-state index contributed by atoms with van der Waals surface area (Å²) >= 11 is 1.14. The highest BCUT2D eigenvalue weighted by molar-refractivity contribution is 7.91. The monoisotopic (exact) mass is 927 g/mol. The highest BCUT2D eigenvalue weighted by Gasteiger charge is 2.28. The Bertz CT molecular complexity index is 2800. The van der Waals surface area contributed by atoms with Gasteiger partial charge in [-0.1, -0.05) is 18.2 Å². The fourth-order valence-corrected chi connectivity index (χ4v) is 9.93. The molecule has 0 aliphatic carbocycles. The predicted molar refractivity (Wildman–Crippen MR) is 223 cm³/mol. The van der Waals surface area contributed by atoms with Gasteiger partial charge in [0.25, 0.3) is 11.6 Å². The second-order valence-corrected chi connectivity index (χ2v) is 22.0. The number of carbonyl (C=O) groups excluding carboxylic acids is 2. The van der Waals surface area contributed by atoms with E-state index in [1.165, 1.54) is 61.2 Å². The highest BCUT2D eigenvalue weighted by atomic mass is 32.2. The highest BCUT2D eigenvalue weighted by Crippen LogP contribution is 2.51. The van der Waals surface area contributed by atoms with Crippen molar-refractivity contribution in [2.75, 3.05) is 44.4 Å². The van der Waals surface area contributed by atoms with Crippen molar-refractivity contribution in [2.45, 2.75) is 54.1 Å². The number of esters is 1. The molecule has 1 unspecified atom stereocenters. The largest absolute Gasteiger partial charge is 0.469 e. The number of ether oxygens (including phenoxy) is 1. The van der Waals surface area contributed by atoms with Crippen LogP contribution in [-0.2, 0) is 65.4 Å². The molecular weight excluding hydrogens is 886 g/mol. The van der Waals surface area contributed by atoms with Crippen LogP contribution in [0.1, 0.15) is 54.0 Å². The summed E-state index contributed by atoms with van der Waals surface area (Å²) < 4.78 is 100. The summed E-state index contributed by atoms with van der Waals surface area (Å²) in [6, 6.07) is 14.0. The van der Waals surface area contributed by atoms with Gasteiger partial charge >= 0.3 is 13.6 Å². The molecular formula is C36H42N5O14PS4. The number of thiazole rings is 1. The topological polar surface area (TPSA) is 267 Å². The molecule has 60 heavy (non-hydrogen) atoms. The molecule has 3 aromatic carbocycles. The molecule has 1 atom stereocenters. The molecule has 0 radical (unpaired) electrons. The van der Waals surface area contributed by atoms with E-state index < -0.39 is 65.5 Å². The van der Waals surface area contributed by atoms with E-state index in [2.05, 4.69) is 20.1 Å². The van der Waals surface area contributed by atoms with Gasteiger partial charge in [0, 0.05) is 41.2 Å². The van der Waals surface area contributed by atoms with Gasteiger partial charge in [0.05, 0.1) is 69.8 Å². The molecule has 5 aromatic rings. The average molecular weight is 928 g/mol. The number of rotatable bonds is 16. The summed E-state index contributed by atoms with van der Waals surface area (Å²) in [5, 5.41) is 20.5. The molecule has 2 aromatic heterocycles. The third kappa shape index (κ3) is 12.1. The van der Waals surface area contributed by atoms with Gasteiger partial charge < -0.3 is 13.8 Å². The molecule has 2 heterocycles. The first-order valence-electron chi connectivity index (χ1n) is 17.6. The molecule has 1 N–H and O–H groups in total. The van der Waals surface area contributed by atoms with Crippen molar-refractivity contribution >= 4 is 82.0 Å². The van der Waals surface area contributed by atoms with Gasteiger partial charge in [-0.2, -0.15) is 5.10 Å². The fraction of sp³-hybridized carbons (Fsp3) is 0.333. The maximum atomic E-state index is 13.3. The van der Waals surface area contributed by atoms with E-state index in [-0.39, 0.29) is 57.0 Å². The Balaban J connectivity index is 0.000000350. The van der Waals surface area contributed by atoms with Crippen LogP contribution in [0, 0.1) is 10.1 Å². The molecule has 324 valence electrons. The van der Waals surface area contributed by atoms with E-state index >= 15 is 0 Å². The van der Waals surface area contributed by atoms with Crippen molar-refractivity contribution < 1.29 is 58.1 Å².